The fourth-order valence-corrected chi connectivity index (χ4v) is 1.40. The van der Waals surface area contributed by atoms with Crippen molar-refractivity contribution in [3.8, 4) is 0 Å². The molecule has 0 radical (unpaired) electrons. The molecule has 0 bridgehead atoms. The Labute approximate surface area is 73.5 Å². The average Bonchev–Trinajstić information content (AvgIpc) is 2.34. The van der Waals surface area contributed by atoms with Crippen LogP contribution in [0, 0.1) is 0 Å². The van der Waals surface area contributed by atoms with Crippen molar-refractivity contribution in [1.29, 1.82) is 0 Å². The summed E-state index contributed by atoms with van der Waals surface area (Å²) in [5.74, 6) is 0. The molecule has 11 heavy (non-hydrogen) atoms. The van der Waals surface area contributed by atoms with Gasteiger partial charge in [0.25, 0.3) is 0 Å². The minimum Gasteiger partial charge on any atom is -0.303 e. The molecular weight excluding hydrogens is 208 g/mol. The van der Waals surface area contributed by atoms with Gasteiger partial charge in [0.1, 0.15) is 6.29 Å². The average molecular weight is 217 g/mol. The molecule has 3 nitrogen and oxygen atoms in total. The van der Waals surface area contributed by atoms with Crippen molar-refractivity contribution in [1.82, 2.24) is 9.78 Å². The van der Waals surface area contributed by atoms with Gasteiger partial charge in [0.15, 0.2) is 0 Å². The Balaban J connectivity index is 2.96. The van der Waals surface area contributed by atoms with Crippen molar-refractivity contribution >= 4 is 22.2 Å². The van der Waals surface area contributed by atoms with Gasteiger partial charge in [-0.05, 0) is 22.9 Å². The van der Waals surface area contributed by atoms with Crippen molar-refractivity contribution in [3.63, 3.8) is 0 Å². The third-order valence-corrected chi connectivity index (χ3v) is 2.14. The van der Waals surface area contributed by atoms with E-state index in [1.165, 1.54) is 0 Å². The van der Waals surface area contributed by atoms with Crippen molar-refractivity contribution in [3.05, 3.63) is 16.4 Å². The molecule has 0 aromatic carbocycles. The van der Waals surface area contributed by atoms with Gasteiger partial charge in [-0.2, -0.15) is 5.10 Å². The molecule has 0 saturated heterocycles. The highest BCUT2D eigenvalue weighted by molar-refractivity contribution is 9.10. The second kappa shape index (κ2) is 3.67. The lowest BCUT2D eigenvalue weighted by Gasteiger charge is -1.99. The summed E-state index contributed by atoms with van der Waals surface area (Å²) in [7, 11) is 0. The summed E-state index contributed by atoms with van der Waals surface area (Å²) >= 11 is 3.32. The minimum absolute atomic E-state index is 0.425. The predicted molar refractivity (Wildman–Crippen MR) is 45.4 cm³/mol. The summed E-state index contributed by atoms with van der Waals surface area (Å²) in [5, 5.41) is 4.06. The lowest BCUT2D eigenvalue weighted by Crippen LogP contribution is -2.03. The Morgan fingerprint density at radius 1 is 1.82 bits per heavy atom. The van der Waals surface area contributed by atoms with Crippen LogP contribution in [0.2, 0.25) is 0 Å². The molecule has 0 unspecified atom stereocenters. The number of halogens is 1. The number of aryl methyl sites for hydroxylation is 1. The van der Waals surface area contributed by atoms with Crippen LogP contribution in [0.1, 0.15) is 12.6 Å². The van der Waals surface area contributed by atoms with Crippen LogP contribution in [0.15, 0.2) is 10.7 Å². The third kappa shape index (κ3) is 1.68. The van der Waals surface area contributed by atoms with E-state index in [2.05, 4.69) is 21.0 Å². The fraction of sp³-hybridized carbons (Fsp3) is 0.429. The van der Waals surface area contributed by atoms with E-state index in [1.54, 1.807) is 10.9 Å². The van der Waals surface area contributed by atoms with Gasteiger partial charge >= 0.3 is 0 Å². The van der Waals surface area contributed by atoms with Crippen LogP contribution in [0.5, 0.6) is 0 Å². The Hall–Kier alpha value is -0.640. The first-order valence-corrected chi connectivity index (χ1v) is 4.22. The predicted octanol–water partition coefficient (Wildman–Crippen LogP) is 1.41. The topological polar surface area (TPSA) is 34.9 Å². The zero-order chi connectivity index (χ0) is 8.27. The molecule has 0 spiro atoms. The molecule has 0 atom stereocenters. The molecule has 0 amide bonds. The van der Waals surface area contributed by atoms with Gasteiger partial charge in [-0.1, -0.05) is 0 Å². The molecular formula is C7H9BrN2O. The molecule has 0 aliphatic heterocycles. The maximum absolute atomic E-state index is 10.2. The van der Waals surface area contributed by atoms with Crippen LogP contribution in [-0.2, 0) is 17.8 Å². The van der Waals surface area contributed by atoms with Gasteiger partial charge < -0.3 is 4.79 Å². The summed E-state index contributed by atoms with van der Waals surface area (Å²) in [5.41, 5.74) is 0.947. The molecule has 1 aromatic heterocycles. The highest BCUT2D eigenvalue weighted by Gasteiger charge is 2.05. The second-order valence-electron chi connectivity index (χ2n) is 2.13. The van der Waals surface area contributed by atoms with Gasteiger partial charge in [-0.3, -0.25) is 4.68 Å². The minimum atomic E-state index is 0.425. The number of hydrogen-bond acceptors (Lipinski definition) is 2. The van der Waals surface area contributed by atoms with Gasteiger partial charge in [0.2, 0.25) is 0 Å². The van der Waals surface area contributed by atoms with E-state index in [0.29, 0.717) is 6.42 Å². The van der Waals surface area contributed by atoms with Crippen LogP contribution < -0.4 is 0 Å². The molecule has 1 heterocycles. The molecule has 0 aliphatic rings. The quantitative estimate of drug-likeness (QED) is 0.717. The van der Waals surface area contributed by atoms with Gasteiger partial charge in [-0.15, -0.1) is 0 Å². The molecule has 0 fully saturated rings. The van der Waals surface area contributed by atoms with E-state index in [-0.39, 0.29) is 0 Å². The maximum Gasteiger partial charge on any atom is 0.125 e. The third-order valence-electron chi connectivity index (χ3n) is 1.47. The van der Waals surface area contributed by atoms with Crippen LogP contribution in [-0.4, -0.2) is 16.1 Å². The van der Waals surface area contributed by atoms with E-state index in [4.69, 9.17) is 0 Å². The number of carbonyl (C=O) groups excluding carboxylic acids is 1. The summed E-state index contributed by atoms with van der Waals surface area (Å²) in [6.45, 7) is 2.79. The van der Waals surface area contributed by atoms with E-state index >= 15 is 0 Å². The highest BCUT2D eigenvalue weighted by atomic mass is 79.9. The van der Waals surface area contributed by atoms with E-state index in [9.17, 15) is 4.79 Å². The highest BCUT2D eigenvalue weighted by Crippen LogP contribution is 2.15. The van der Waals surface area contributed by atoms with E-state index < -0.39 is 0 Å². The molecule has 60 valence electrons. The van der Waals surface area contributed by atoms with Crippen LogP contribution in [0.3, 0.4) is 0 Å². The number of aldehydes is 1. The van der Waals surface area contributed by atoms with Gasteiger partial charge in [0.05, 0.1) is 16.4 Å². The monoisotopic (exact) mass is 216 g/mol. The molecule has 0 aliphatic carbocycles. The SMILES string of the molecule is CCn1ncc(Br)c1CC=O. The molecule has 1 rings (SSSR count). The van der Waals surface area contributed by atoms with Crippen LogP contribution in [0.25, 0.3) is 0 Å². The Bertz CT molecular complexity index is 257. The molecule has 1 aromatic rings. The zero-order valence-electron chi connectivity index (χ0n) is 6.25. The Kier molecular flexibility index (Phi) is 2.82. The first kappa shape index (κ1) is 8.46. The first-order valence-electron chi connectivity index (χ1n) is 3.43. The standard InChI is InChI=1S/C7H9BrN2O/c1-2-10-7(3-4-11)6(8)5-9-10/h4-5H,2-3H2,1H3. The first-order chi connectivity index (χ1) is 5.29. The number of hydrogen-bond donors (Lipinski definition) is 0. The van der Waals surface area contributed by atoms with E-state index in [1.807, 2.05) is 6.92 Å². The van der Waals surface area contributed by atoms with Crippen molar-refractivity contribution < 1.29 is 4.79 Å². The number of aromatic nitrogens is 2. The van der Waals surface area contributed by atoms with E-state index in [0.717, 1.165) is 23.0 Å². The summed E-state index contributed by atoms with van der Waals surface area (Å²) in [6.07, 6.45) is 3.02. The maximum atomic E-state index is 10.2. The Morgan fingerprint density at radius 2 is 2.55 bits per heavy atom. The second-order valence-corrected chi connectivity index (χ2v) is 2.98. The van der Waals surface area contributed by atoms with Crippen molar-refractivity contribution in [2.45, 2.75) is 19.9 Å². The van der Waals surface area contributed by atoms with Crippen LogP contribution >= 0.6 is 15.9 Å². The van der Waals surface area contributed by atoms with Gasteiger partial charge in [-0.25, -0.2) is 0 Å². The van der Waals surface area contributed by atoms with Gasteiger partial charge in [0, 0.05) is 13.0 Å². The van der Waals surface area contributed by atoms with Crippen molar-refractivity contribution in [2.24, 2.45) is 0 Å². The van der Waals surface area contributed by atoms with Crippen molar-refractivity contribution in [2.75, 3.05) is 0 Å². The smallest absolute Gasteiger partial charge is 0.125 e. The largest absolute Gasteiger partial charge is 0.303 e. The van der Waals surface area contributed by atoms with Crippen LogP contribution in [0.4, 0.5) is 0 Å². The summed E-state index contributed by atoms with van der Waals surface area (Å²) in [4.78, 5) is 10.2. The lowest BCUT2D eigenvalue weighted by atomic mass is 10.3. The summed E-state index contributed by atoms with van der Waals surface area (Å²) < 4.78 is 2.71. The number of rotatable bonds is 3. The lowest BCUT2D eigenvalue weighted by molar-refractivity contribution is -0.107. The number of carbonyl (C=O) groups is 1. The molecule has 4 heteroatoms. The molecule has 0 N–H and O–H groups in total. The molecule has 0 saturated carbocycles. The fourth-order valence-electron chi connectivity index (χ4n) is 0.942. The Morgan fingerprint density at radius 3 is 3.09 bits per heavy atom. The number of nitrogens with zero attached hydrogens (tertiary/aromatic N) is 2. The normalized spacial score (nSPS) is 10.0. The zero-order valence-corrected chi connectivity index (χ0v) is 7.84. The summed E-state index contributed by atoms with van der Waals surface area (Å²) in [6, 6.07) is 0.